The zero-order valence-corrected chi connectivity index (χ0v) is 17.9. The summed E-state index contributed by atoms with van der Waals surface area (Å²) in [6.45, 7) is 8.23. The Kier molecular flexibility index (Phi) is 8.83. The van der Waals surface area contributed by atoms with Gasteiger partial charge in [-0.1, -0.05) is 6.92 Å². The summed E-state index contributed by atoms with van der Waals surface area (Å²) in [5, 5.41) is 12.6. The van der Waals surface area contributed by atoms with Crippen LogP contribution in [0.3, 0.4) is 0 Å². The van der Waals surface area contributed by atoms with Crippen molar-refractivity contribution >= 4 is 5.91 Å². The van der Waals surface area contributed by atoms with Crippen molar-refractivity contribution in [2.45, 2.75) is 52.0 Å². The van der Waals surface area contributed by atoms with E-state index in [1.165, 1.54) is 5.56 Å². The SMILES string of the molecule is CCc1cnc(CNCC2CCC(C(=O)N3CCCN(CCO)CC3)CC2)nc1. The minimum atomic E-state index is 0.195. The van der Waals surface area contributed by atoms with E-state index in [9.17, 15) is 4.79 Å². The molecule has 3 rings (SSSR count). The van der Waals surface area contributed by atoms with Gasteiger partial charge < -0.3 is 15.3 Å². The molecular formula is C22H37N5O2. The van der Waals surface area contributed by atoms with Crippen molar-refractivity contribution in [2.24, 2.45) is 11.8 Å². The fraction of sp³-hybridized carbons (Fsp3) is 0.773. The third kappa shape index (κ3) is 6.73. The molecule has 162 valence electrons. The van der Waals surface area contributed by atoms with E-state index < -0.39 is 0 Å². The van der Waals surface area contributed by atoms with Crippen LogP contribution >= 0.6 is 0 Å². The van der Waals surface area contributed by atoms with Gasteiger partial charge in [0.1, 0.15) is 5.82 Å². The number of carbonyl (C=O) groups is 1. The molecule has 1 saturated carbocycles. The van der Waals surface area contributed by atoms with Gasteiger partial charge in [-0.05, 0) is 63.1 Å². The van der Waals surface area contributed by atoms with Crippen LogP contribution in [0.1, 0.15) is 50.4 Å². The Hall–Kier alpha value is -1.57. The number of hydrogen-bond acceptors (Lipinski definition) is 6. The maximum atomic E-state index is 13.0. The lowest BCUT2D eigenvalue weighted by Gasteiger charge is -2.32. The predicted octanol–water partition coefficient (Wildman–Crippen LogP) is 1.46. The van der Waals surface area contributed by atoms with Crippen LogP contribution in [0.25, 0.3) is 0 Å². The van der Waals surface area contributed by atoms with Crippen molar-refractivity contribution in [2.75, 3.05) is 45.9 Å². The van der Waals surface area contributed by atoms with Gasteiger partial charge >= 0.3 is 0 Å². The van der Waals surface area contributed by atoms with Crippen LogP contribution in [-0.2, 0) is 17.8 Å². The third-order valence-corrected chi connectivity index (χ3v) is 6.40. The molecule has 2 fully saturated rings. The quantitative estimate of drug-likeness (QED) is 0.684. The Morgan fingerprint density at radius 2 is 1.90 bits per heavy atom. The van der Waals surface area contributed by atoms with Gasteiger partial charge in [0.2, 0.25) is 5.91 Å². The van der Waals surface area contributed by atoms with Gasteiger partial charge in [0.25, 0.3) is 0 Å². The lowest BCUT2D eigenvalue weighted by molar-refractivity contribution is -0.136. The second-order valence-electron chi connectivity index (χ2n) is 8.45. The van der Waals surface area contributed by atoms with Crippen molar-refractivity contribution in [3.63, 3.8) is 0 Å². The fourth-order valence-corrected chi connectivity index (χ4v) is 4.47. The lowest BCUT2D eigenvalue weighted by atomic mass is 9.81. The highest BCUT2D eigenvalue weighted by Crippen LogP contribution is 2.30. The first-order chi connectivity index (χ1) is 14.2. The Balaban J connectivity index is 1.35. The number of aryl methyl sites for hydroxylation is 1. The van der Waals surface area contributed by atoms with Crippen molar-refractivity contribution in [3.05, 3.63) is 23.8 Å². The molecule has 1 aromatic rings. The van der Waals surface area contributed by atoms with Crippen LogP contribution in [0.4, 0.5) is 0 Å². The average Bonchev–Trinajstić information content (AvgIpc) is 3.00. The predicted molar refractivity (Wildman–Crippen MR) is 113 cm³/mol. The van der Waals surface area contributed by atoms with E-state index in [2.05, 4.69) is 32.0 Å². The van der Waals surface area contributed by atoms with Crippen LogP contribution in [0.2, 0.25) is 0 Å². The molecule has 1 aromatic heterocycles. The standard InChI is InChI=1S/C22H37N5O2/c1-2-18-15-24-21(25-16-18)17-23-14-19-4-6-20(7-5-19)22(29)27-9-3-8-26(10-11-27)12-13-28/h15-16,19-20,23,28H,2-14,17H2,1H3. The summed E-state index contributed by atoms with van der Waals surface area (Å²) in [4.78, 5) is 26.1. The van der Waals surface area contributed by atoms with Gasteiger partial charge in [0, 0.05) is 44.5 Å². The summed E-state index contributed by atoms with van der Waals surface area (Å²) in [6.07, 6.45) is 10.0. The molecule has 2 heterocycles. The third-order valence-electron chi connectivity index (χ3n) is 6.40. The van der Waals surface area contributed by atoms with E-state index in [1.807, 2.05) is 12.4 Å². The van der Waals surface area contributed by atoms with Gasteiger partial charge in [-0.2, -0.15) is 0 Å². The number of nitrogens with zero attached hydrogens (tertiary/aromatic N) is 4. The normalized spacial score (nSPS) is 23.7. The highest BCUT2D eigenvalue weighted by Gasteiger charge is 2.30. The van der Waals surface area contributed by atoms with Gasteiger partial charge in [-0.15, -0.1) is 0 Å². The van der Waals surface area contributed by atoms with Crippen molar-refractivity contribution in [3.8, 4) is 0 Å². The van der Waals surface area contributed by atoms with Crippen LogP contribution in [0.5, 0.6) is 0 Å². The van der Waals surface area contributed by atoms with Crippen molar-refractivity contribution < 1.29 is 9.90 Å². The molecule has 29 heavy (non-hydrogen) atoms. The summed E-state index contributed by atoms with van der Waals surface area (Å²) in [6, 6.07) is 0. The minimum Gasteiger partial charge on any atom is -0.395 e. The van der Waals surface area contributed by atoms with Crippen molar-refractivity contribution in [1.29, 1.82) is 0 Å². The molecule has 0 aromatic carbocycles. The Morgan fingerprint density at radius 1 is 1.14 bits per heavy atom. The Morgan fingerprint density at radius 3 is 2.59 bits per heavy atom. The number of hydrogen-bond donors (Lipinski definition) is 2. The van der Waals surface area contributed by atoms with E-state index in [4.69, 9.17) is 5.11 Å². The molecule has 2 N–H and O–H groups in total. The number of carbonyl (C=O) groups excluding carboxylic acids is 1. The molecule has 7 heteroatoms. The molecule has 1 aliphatic heterocycles. The topological polar surface area (TPSA) is 81.6 Å². The Bertz CT molecular complexity index is 616. The molecule has 0 atom stereocenters. The van der Waals surface area contributed by atoms with E-state index in [0.717, 1.165) is 77.1 Å². The number of aliphatic hydroxyl groups excluding tert-OH is 1. The largest absolute Gasteiger partial charge is 0.395 e. The Labute approximate surface area is 174 Å². The zero-order chi connectivity index (χ0) is 20.5. The molecule has 2 aliphatic rings. The highest BCUT2D eigenvalue weighted by molar-refractivity contribution is 5.79. The molecule has 0 bridgehead atoms. The second kappa shape index (κ2) is 11.6. The monoisotopic (exact) mass is 403 g/mol. The van der Waals surface area contributed by atoms with Gasteiger partial charge in [0.15, 0.2) is 0 Å². The maximum absolute atomic E-state index is 13.0. The number of amides is 1. The first-order valence-corrected chi connectivity index (χ1v) is 11.3. The van der Waals surface area contributed by atoms with Crippen LogP contribution in [-0.4, -0.2) is 76.7 Å². The first kappa shape index (κ1) is 22.1. The molecule has 7 nitrogen and oxygen atoms in total. The molecular weight excluding hydrogens is 366 g/mol. The summed E-state index contributed by atoms with van der Waals surface area (Å²) < 4.78 is 0. The van der Waals surface area contributed by atoms with Gasteiger partial charge in [0.05, 0.1) is 13.2 Å². The number of rotatable bonds is 8. The smallest absolute Gasteiger partial charge is 0.225 e. The number of aliphatic hydroxyl groups is 1. The average molecular weight is 404 g/mol. The van der Waals surface area contributed by atoms with Gasteiger partial charge in [-0.25, -0.2) is 9.97 Å². The molecule has 1 aliphatic carbocycles. The molecule has 1 saturated heterocycles. The van der Waals surface area contributed by atoms with Crippen LogP contribution in [0, 0.1) is 11.8 Å². The number of aromatic nitrogens is 2. The van der Waals surface area contributed by atoms with E-state index in [1.54, 1.807) is 0 Å². The maximum Gasteiger partial charge on any atom is 0.225 e. The zero-order valence-electron chi connectivity index (χ0n) is 17.9. The molecule has 0 radical (unpaired) electrons. The summed E-state index contributed by atoms with van der Waals surface area (Å²) in [5.41, 5.74) is 1.17. The first-order valence-electron chi connectivity index (χ1n) is 11.3. The lowest BCUT2D eigenvalue weighted by Crippen LogP contribution is -2.41. The van der Waals surface area contributed by atoms with E-state index in [-0.39, 0.29) is 12.5 Å². The highest BCUT2D eigenvalue weighted by atomic mass is 16.3. The number of β-amino-alcohol motifs (C(OH)–C–C–N with tert-alkyl or cyclic N) is 1. The molecule has 0 unspecified atom stereocenters. The summed E-state index contributed by atoms with van der Waals surface area (Å²) in [7, 11) is 0. The van der Waals surface area contributed by atoms with E-state index >= 15 is 0 Å². The minimum absolute atomic E-state index is 0.195. The molecule has 1 amide bonds. The molecule has 0 spiro atoms. The van der Waals surface area contributed by atoms with E-state index in [0.29, 0.717) is 24.9 Å². The fourth-order valence-electron chi connectivity index (χ4n) is 4.47. The van der Waals surface area contributed by atoms with Crippen LogP contribution in [0.15, 0.2) is 12.4 Å². The summed E-state index contributed by atoms with van der Waals surface area (Å²) >= 11 is 0. The van der Waals surface area contributed by atoms with Gasteiger partial charge in [-0.3, -0.25) is 9.69 Å². The van der Waals surface area contributed by atoms with Crippen molar-refractivity contribution in [1.82, 2.24) is 25.1 Å². The second-order valence-corrected chi connectivity index (χ2v) is 8.45. The summed E-state index contributed by atoms with van der Waals surface area (Å²) in [5.74, 6) is 2.04. The van der Waals surface area contributed by atoms with Crippen LogP contribution < -0.4 is 5.32 Å². The number of nitrogens with one attached hydrogen (secondary N) is 1.